The predicted molar refractivity (Wildman–Crippen MR) is 102 cm³/mol. The maximum absolute atomic E-state index is 13.2. The summed E-state index contributed by atoms with van der Waals surface area (Å²) in [6.45, 7) is 5.34. The molecule has 10 heteroatoms. The predicted octanol–water partition coefficient (Wildman–Crippen LogP) is 0.0223. The van der Waals surface area contributed by atoms with Gasteiger partial charge in [-0.3, -0.25) is 4.90 Å². The lowest BCUT2D eigenvalue weighted by Gasteiger charge is -2.29. The van der Waals surface area contributed by atoms with Crippen LogP contribution in [0.1, 0.15) is 11.1 Å². The Balaban J connectivity index is 1.64. The van der Waals surface area contributed by atoms with Gasteiger partial charge in [0.15, 0.2) is 11.5 Å². The van der Waals surface area contributed by atoms with Crippen LogP contribution in [0.5, 0.6) is 17.2 Å². The molecular formula is C18H27N3O6S. The topological polar surface area (TPSA) is 89.6 Å². The van der Waals surface area contributed by atoms with Gasteiger partial charge in [0.05, 0.1) is 20.3 Å². The molecule has 0 bridgehead atoms. The van der Waals surface area contributed by atoms with Gasteiger partial charge in [0.1, 0.15) is 4.90 Å². The second-order valence-corrected chi connectivity index (χ2v) is 8.93. The standard InChI is InChI=1S/C18H27N3O6S/c1-20-5-3-13-14(11-20)15(24-2)16-17(27-12-26-16)18(13)28(22,23)19-4-6-21-7-9-25-10-8-21/h19H,3-12H2,1-2H3. The number of hydrogen-bond donors (Lipinski definition) is 1. The van der Waals surface area contributed by atoms with Crippen molar-refractivity contribution in [2.45, 2.75) is 17.9 Å². The van der Waals surface area contributed by atoms with Gasteiger partial charge >= 0.3 is 0 Å². The summed E-state index contributed by atoms with van der Waals surface area (Å²) >= 11 is 0. The quantitative estimate of drug-likeness (QED) is 0.698. The Morgan fingerprint density at radius 1 is 1.11 bits per heavy atom. The number of likely N-dealkylation sites (N-methyl/N-ethyl adjacent to an activating group) is 1. The van der Waals surface area contributed by atoms with Gasteiger partial charge in [0.25, 0.3) is 0 Å². The molecule has 1 N–H and O–H groups in total. The van der Waals surface area contributed by atoms with Crippen molar-refractivity contribution in [3.63, 3.8) is 0 Å². The van der Waals surface area contributed by atoms with E-state index in [-0.39, 0.29) is 17.4 Å². The van der Waals surface area contributed by atoms with Crippen LogP contribution in [0.4, 0.5) is 0 Å². The summed E-state index contributed by atoms with van der Waals surface area (Å²) in [5.41, 5.74) is 1.62. The summed E-state index contributed by atoms with van der Waals surface area (Å²) in [5.74, 6) is 1.21. The number of sulfonamides is 1. The van der Waals surface area contributed by atoms with Gasteiger partial charge in [-0.25, -0.2) is 13.1 Å². The first kappa shape index (κ1) is 19.7. The number of ether oxygens (including phenoxy) is 4. The van der Waals surface area contributed by atoms with Crippen LogP contribution in [-0.4, -0.2) is 85.1 Å². The molecule has 9 nitrogen and oxygen atoms in total. The first-order valence-corrected chi connectivity index (χ1v) is 11.0. The molecule has 1 saturated heterocycles. The van der Waals surface area contributed by atoms with Crippen LogP contribution < -0.4 is 18.9 Å². The number of benzene rings is 1. The molecule has 0 saturated carbocycles. The number of nitrogens with zero attached hydrogens (tertiary/aromatic N) is 2. The highest BCUT2D eigenvalue weighted by molar-refractivity contribution is 7.89. The molecular weight excluding hydrogens is 386 g/mol. The molecule has 3 heterocycles. The van der Waals surface area contributed by atoms with Crippen molar-refractivity contribution in [3.05, 3.63) is 11.1 Å². The highest BCUT2D eigenvalue weighted by Crippen LogP contribution is 2.51. The number of methoxy groups -OCH3 is 1. The molecule has 0 aliphatic carbocycles. The van der Waals surface area contributed by atoms with Crippen LogP contribution in [0, 0.1) is 0 Å². The van der Waals surface area contributed by atoms with Crippen LogP contribution in [0.15, 0.2) is 4.90 Å². The van der Waals surface area contributed by atoms with Crippen molar-refractivity contribution in [2.75, 3.05) is 66.9 Å². The summed E-state index contributed by atoms with van der Waals surface area (Å²) in [7, 11) is -0.185. The van der Waals surface area contributed by atoms with Gasteiger partial charge in [-0.05, 0) is 19.0 Å². The van der Waals surface area contributed by atoms with Crippen LogP contribution >= 0.6 is 0 Å². The van der Waals surface area contributed by atoms with E-state index in [9.17, 15) is 8.42 Å². The van der Waals surface area contributed by atoms with E-state index in [1.54, 1.807) is 7.11 Å². The summed E-state index contributed by atoms with van der Waals surface area (Å²) in [4.78, 5) is 4.52. The van der Waals surface area contributed by atoms with Crippen LogP contribution in [0.2, 0.25) is 0 Å². The fourth-order valence-corrected chi connectivity index (χ4v) is 5.43. The van der Waals surface area contributed by atoms with Crippen LogP contribution in [-0.2, 0) is 27.7 Å². The number of morpholine rings is 1. The molecule has 0 radical (unpaired) electrons. The lowest BCUT2D eigenvalue weighted by molar-refractivity contribution is 0.0390. The van der Waals surface area contributed by atoms with Gasteiger partial charge in [-0.15, -0.1) is 0 Å². The molecule has 3 aliphatic rings. The van der Waals surface area contributed by atoms with E-state index in [0.29, 0.717) is 50.8 Å². The molecule has 4 rings (SSSR count). The Morgan fingerprint density at radius 3 is 2.61 bits per heavy atom. The fourth-order valence-electron chi connectivity index (χ4n) is 3.98. The van der Waals surface area contributed by atoms with Crippen LogP contribution in [0.25, 0.3) is 0 Å². The lowest BCUT2D eigenvalue weighted by atomic mass is 9.97. The normalized spacial score (nSPS) is 20.2. The third-order valence-corrected chi connectivity index (χ3v) is 6.96. The van der Waals surface area contributed by atoms with E-state index in [4.69, 9.17) is 18.9 Å². The largest absolute Gasteiger partial charge is 0.492 e. The summed E-state index contributed by atoms with van der Waals surface area (Å²) in [5, 5.41) is 0. The van der Waals surface area contributed by atoms with Gasteiger partial charge < -0.3 is 23.8 Å². The monoisotopic (exact) mass is 413 g/mol. The van der Waals surface area contributed by atoms with Crippen molar-refractivity contribution in [1.82, 2.24) is 14.5 Å². The Kier molecular flexibility index (Phi) is 5.66. The van der Waals surface area contributed by atoms with E-state index in [0.717, 1.165) is 30.8 Å². The Bertz CT molecular complexity index is 838. The second kappa shape index (κ2) is 8.03. The molecule has 0 amide bonds. The lowest BCUT2D eigenvalue weighted by Crippen LogP contribution is -2.41. The molecule has 156 valence electrons. The van der Waals surface area contributed by atoms with Gasteiger partial charge in [-0.2, -0.15) is 0 Å². The second-order valence-electron chi connectivity index (χ2n) is 7.22. The zero-order valence-corrected chi connectivity index (χ0v) is 17.1. The third kappa shape index (κ3) is 3.67. The molecule has 0 spiro atoms. The highest BCUT2D eigenvalue weighted by atomic mass is 32.2. The summed E-state index contributed by atoms with van der Waals surface area (Å²) in [6, 6.07) is 0. The fraction of sp³-hybridized carbons (Fsp3) is 0.667. The van der Waals surface area contributed by atoms with E-state index >= 15 is 0 Å². The Hall–Kier alpha value is -1.59. The van der Waals surface area contributed by atoms with Crippen molar-refractivity contribution >= 4 is 10.0 Å². The molecule has 3 aliphatic heterocycles. The van der Waals surface area contributed by atoms with Crippen LogP contribution in [0.3, 0.4) is 0 Å². The molecule has 0 unspecified atom stereocenters. The molecule has 1 aromatic rings. The molecule has 1 fully saturated rings. The van der Waals surface area contributed by atoms with E-state index in [2.05, 4.69) is 14.5 Å². The van der Waals surface area contributed by atoms with Crippen molar-refractivity contribution in [3.8, 4) is 17.2 Å². The van der Waals surface area contributed by atoms with Crippen molar-refractivity contribution in [2.24, 2.45) is 0 Å². The zero-order chi connectivity index (χ0) is 19.7. The average Bonchev–Trinajstić information content (AvgIpc) is 3.15. The minimum Gasteiger partial charge on any atom is -0.492 e. The zero-order valence-electron chi connectivity index (χ0n) is 16.3. The molecule has 0 atom stereocenters. The SMILES string of the molecule is COc1c2c(c(S(=O)(=O)NCCN3CCOCC3)c3c1OCO3)CCN(C)C2. The number of nitrogens with one attached hydrogen (secondary N) is 1. The highest BCUT2D eigenvalue weighted by Gasteiger charge is 2.37. The third-order valence-electron chi connectivity index (χ3n) is 5.41. The first-order valence-electron chi connectivity index (χ1n) is 9.51. The van der Waals surface area contributed by atoms with E-state index in [1.165, 1.54) is 0 Å². The average molecular weight is 413 g/mol. The Morgan fingerprint density at radius 2 is 1.86 bits per heavy atom. The number of rotatable bonds is 6. The molecule has 0 aromatic heterocycles. The molecule has 28 heavy (non-hydrogen) atoms. The van der Waals surface area contributed by atoms with E-state index in [1.807, 2.05) is 7.05 Å². The van der Waals surface area contributed by atoms with Crippen molar-refractivity contribution < 1.29 is 27.4 Å². The van der Waals surface area contributed by atoms with Gasteiger partial charge in [0.2, 0.25) is 22.6 Å². The maximum Gasteiger partial charge on any atom is 0.244 e. The first-order chi connectivity index (χ1) is 13.5. The van der Waals surface area contributed by atoms with Gasteiger partial charge in [-0.1, -0.05) is 0 Å². The van der Waals surface area contributed by atoms with Gasteiger partial charge in [0, 0.05) is 44.8 Å². The summed E-state index contributed by atoms with van der Waals surface area (Å²) < 4.78 is 51.3. The van der Waals surface area contributed by atoms with E-state index < -0.39 is 10.0 Å². The number of fused-ring (bicyclic) bond motifs is 2. The Labute approximate surface area is 165 Å². The minimum atomic E-state index is -3.76. The maximum atomic E-state index is 13.2. The minimum absolute atomic E-state index is 0.0132. The molecule has 1 aromatic carbocycles. The summed E-state index contributed by atoms with van der Waals surface area (Å²) in [6.07, 6.45) is 0.610. The number of hydrogen-bond acceptors (Lipinski definition) is 8. The smallest absolute Gasteiger partial charge is 0.244 e. The van der Waals surface area contributed by atoms with Crippen molar-refractivity contribution in [1.29, 1.82) is 0 Å².